The highest BCUT2D eigenvalue weighted by molar-refractivity contribution is 6.83. The van der Waals surface area contributed by atoms with Crippen LogP contribution in [0.3, 0.4) is 0 Å². The minimum absolute atomic E-state index is 0.364. The summed E-state index contributed by atoms with van der Waals surface area (Å²) in [5.41, 5.74) is -0.580. The highest BCUT2D eigenvalue weighted by Gasteiger charge is 2.25. The molecule has 0 atom stereocenters. The summed E-state index contributed by atoms with van der Waals surface area (Å²) in [5.74, 6) is -0.364. The summed E-state index contributed by atoms with van der Waals surface area (Å²) < 4.78 is 0. The van der Waals surface area contributed by atoms with Crippen molar-refractivity contribution < 1.29 is 10.0 Å². The average Bonchev–Trinajstić information content (AvgIpc) is 1.83. The van der Waals surface area contributed by atoms with Crippen molar-refractivity contribution in [3.8, 4) is 0 Å². The topological polar surface area (TPSA) is 49.7 Å². The maximum absolute atomic E-state index is 11.0. The number of nitrogens with zero attached hydrogens (tertiary/aromatic N) is 1. The van der Waals surface area contributed by atoms with Gasteiger partial charge in [0.25, 0.3) is 0 Å². The third-order valence-electron chi connectivity index (χ3n) is 0.956. The second-order valence-electron chi connectivity index (χ2n) is 2.97. The molecule has 0 aromatic heterocycles. The van der Waals surface area contributed by atoms with Crippen molar-refractivity contribution in [1.82, 2.24) is 0 Å². The Balaban J connectivity index is 4.39. The first-order valence-corrected chi connectivity index (χ1v) is 3.19. The molecule has 0 rings (SSSR count). The summed E-state index contributed by atoms with van der Waals surface area (Å²) in [4.78, 5) is 11.0. The monoisotopic (exact) mass is 163 g/mol. The fraction of sp³-hybridized carbons (Fsp3) is 0.667. The molecule has 0 fully saturated rings. The molecule has 0 aliphatic heterocycles. The van der Waals surface area contributed by atoms with Gasteiger partial charge < -0.3 is 5.21 Å². The molecule has 0 saturated carbocycles. The van der Waals surface area contributed by atoms with Crippen molar-refractivity contribution in [2.45, 2.75) is 20.8 Å². The first kappa shape index (κ1) is 9.43. The van der Waals surface area contributed by atoms with E-state index in [4.69, 9.17) is 16.8 Å². The zero-order valence-corrected chi connectivity index (χ0v) is 6.94. The molecular weight excluding hydrogens is 154 g/mol. The molecule has 4 heteroatoms. The van der Waals surface area contributed by atoms with Gasteiger partial charge in [-0.25, -0.2) is 0 Å². The van der Waals surface area contributed by atoms with Crippen LogP contribution in [0.15, 0.2) is 5.16 Å². The van der Waals surface area contributed by atoms with Gasteiger partial charge in [0.1, 0.15) is 0 Å². The van der Waals surface area contributed by atoms with E-state index in [9.17, 15) is 4.79 Å². The molecule has 0 unspecified atom stereocenters. The molecule has 10 heavy (non-hydrogen) atoms. The van der Waals surface area contributed by atoms with E-state index in [-0.39, 0.29) is 11.0 Å². The number of halogens is 1. The Bertz CT molecular complexity index is 169. The number of carbonyl (C=O) groups excluding carboxylic acids is 1. The first-order chi connectivity index (χ1) is 4.39. The molecule has 0 aromatic rings. The standard InChI is InChI=1S/C6H10ClNO2/c1-6(2,3)4(9)5(7)8-10/h10H,1-3H3/b8-5-. The summed E-state index contributed by atoms with van der Waals surface area (Å²) in [6.45, 7) is 5.09. The quantitative estimate of drug-likeness (QED) is 0.363. The summed E-state index contributed by atoms with van der Waals surface area (Å²) in [6, 6.07) is 0. The Labute approximate surface area is 64.7 Å². The predicted molar refractivity (Wildman–Crippen MR) is 39.5 cm³/mol. The van der Waals surface area contributed by atoms with E-state index in [1.54, 1.807) is 20.8 Å². The van der Waals surface area contributed by atoms with Gasteiger partial charge in [-0.15, -0.1) is 0 Å². The summed E-state index contributed by atoms with van der Waals surface area (Å²) in [6.07, 6.45) is 0. The maximum atomic E-state index is 11.0. The third kappa shape index (κ3) is 2.35. The lowest BCUT2D eigenvalue weighted by molar-refractivity contribution is -0.119. The van der Waals surface area contributed by atoms with Gasteiger partial charge in [0.15, 0.2) is 0 Å². The van der Waals surface area contributed by atoms with Crippen LogP contribution >= 0.6 is 11.6 Å². The zero-order valence-electron chi connectivity index (χ0n) is 6.18. The van der Waals surface area contributed by atoms with Gasteiger partial charge in [-0.2, -0.15) is 0 Å². The number of hydrogen-bond acceptors (Lipinski definition) is 3. The first-order valence-electron chi connectivity index (χ1n) is 2.82. The number of ketones is 1. The van der Waals surface area contributed by atoms with Crippen LogP contribution in [-0.4, -0.2) is 16.2 Å². The van der Waals surface area contributed by atoms with Crippen molar-refractivity contribution in [3.63, 3.8) is 0 Å². The Morgan fingerprint density at radius 1 is 1.50 bits per heavy atom. The van der Waals surface area contributed by atoms with Crippen molar-refractivity contribution in [3.05, 3.63) is 0 Å². The summed E-state index contributed by atoms with van der Waals surface area (Å²) in [7, 11) is 0. The Morgan fingerprint density at radius 3 is 2.00 bits per heavy atom. The van der Waals surface area contributed by atoms with Gasteiger partial charge >= 0.3 is 0 Å². The highest BCUT2D eigenvalue weighted by Crippen LogP contribution is 2.16. The smallest absolute Gasteiger partial charge is 0.211 e. The average molecular weight is 164 g/mol. The largest absolute Gasteiger partial charge is 0.410 e. The third-order valence-corrected chi connectivity index (χ3v) is 1.20. The second-order valence-corrected chi connectivity index (χ2v) is 3.33. The van der Waals surface area contributed by atoms with Crippen molar-refractivity contribution >= 4 is 22.6 Å². The van der Waals surface area contributed by atoms with E-state index < -0.39 is 5.41 Å². The fourth-order valence-electron chi connectivity index (χ4n) is 0.355. The van der Waals surface area contributed by atoms with Crippen LogP contribution in [0.4, 0.5) is 0 Å². The van der Waals surface area contributed by atoms with Crippen LogP contribution in [0.1, 0.15) is 20.8 Å². The molecule has 0 amide bonds. The predicted octanol–water partition coefficient (Wildman–Crippen LogP) is 1.63. The van der Waals surface area contributed by atoms with Gasteiger partial charge in [-0.1, -0.05) is 37.5 Å². The molecule has 58 valence electrons. The minimum atomic E-state index is -0.580. The molecule has 0 saturated heterocycles. The van der Waals surface area contributed by atoms with Gasteiger partial charge in [0.2, 0.25) is 11.0 Å². The minimum Gasteiger partial charge on any atom is -0.410 e. The van der Waals surface area contributed by atoms with Crippen LogP contribution in [-0.2, 0) is 4.79 Å². The lowest BCUT2D eigenvalue weighted by Gasteiger charge is -2.13. The van der Waals surface area contributed by atoms with Crippen LogP contribution in [0.5, 0.6) is 0 Å². The Hall–Kier alpha value is -0.570. The van der Waals surface area contributed by atoms with Crippen molar-refractivity contribution in [2.24, 2.45) is 10.6 Å². The molecular formula is C6H10ClNO2. The van der Waals surface area contributed by atoms with Gasteiger partial charge in [-0.05, 0) is 0 Å². The van der Waals surface area contributed by atoms with E-state index in [0.29, 0.717) is 0 Å². The fourth-order valence-corrected chi connectivity index (χ4v) is 0.638. The van der Waals surface area contributed by atoms with E-state index in [1.165, 1.54) is 0 Å². The molecule has 0 radical (unpaired) electrons. The lowest BCUT2D eigenvalue weighted by atomic mass is 9.91. The van der Waals surface area contributed by atoms with Crippen LogP contribution in [0.2, 0.25) is 0 Å². The number of Topliss-reactive ketones (excluding diaryl/α,β-unsaturated/α-hetero) is 1. The van der Waals surface area contributed by atoms with Crippen molar-refractivity contribution in [1.29, 1.82) is 0 Å². The normalized spacial score (nSPS) is 13.4. The highest BCUT2D eigenvalue weighted by atomic mass is 35.5. The molecule has 0 heterocycles. The summed E-state index contributed by atoms with van der Waals surface area (Å²) in [5, 5.41) is 10.3. The number of rotatable bonds is 1. The van der Waals surface area contributed by atoms with E-state index in [1.807, 2.05) is 0 Å². The second kappa shape index (κ2) is 3.01. The molecule has 0 aliphatic carbocycles. The Kier molecular flexibility index (Phi) is 2.84. The molecule has 0 aliphatic rings. The van der Waals surface area contributed by atoms with Crippen molar-refractivity contribution in [2.75, 3.05) is 0 Å². The summed E-state index contributed by atoms with van der Waals surface area (Å²) >= 11 is 5.25. The Morgan fingerprint density at radius 2 is 1.90 bits per heavy atom. The van der Waals surface area contributed by atoms with Gasteiger partial charge in [0.05, 0.1) is 0 Å². The number of oxime groups is 1. The number of carbonyl (C=O) groups is 1. The molecule has 0 aromatic carbocycles. The van der Waals surface area contributed by atoms with Crippen LogP contribution in [0, 0.1) is 5.41 Å². The molecule has 0 spiro atoms. The van der Waals surface area contributed by atoms with Gasteiger partial charge in [-0.3, -0.25) is 4.79 Å². The van der Waals surface area contributed by atoms with Crippen LogP contribution in [0.25, 0.3) is 0 Å². The molecule has 3 nitrogen and oxygen atoms in total. The zero-order chi connectivity index (χ0) is 8.36. The van der Waals surface area contributed by atoms with Gasteiger partial charge in [0, 0.05) is 5.41 Å². The molecule has 1 N–H and O–H groups in total. The SMILES string of the molecule is CC(C)(C)C(=O)/C(Cl)=N/O. The molecule has 0 bridgehead atoms. The van der Waals surface area contributed by atoms with Crippen LogP contribution < -0.4 is 0 Å². The number of hydrogen-bond donors (Lipinski definition) is 1. The lowest BCUT2D eigenvalue weighted by Crippen LogP contribution is -2.25. The van der Waals surface area contributed by atoms with E-state index in [0.717, 1.165) is 0 Å². The van der Waals surface area contributed by atoms with E-state index >= 15 is 0 Å². The van der Waals surface area contributed by atoms with E-state index in [2.05, 4.69) is 5.16 Å². The maximum Gasteiger partial charge on any atom is 0.211 e.